The Hall–Kier alpha value is -2.04. The lowest BCUT2D eigenvalue weighted by Crippen LogP contribution is -2.46. The Labute approximate surface area is 125 Å². The molecule has 0 radical (unpaired) electrons. The maximum Gasteiger partial charge on any atom is 0.312 e. The highest BCUT2D eigenvalue weighted by Gasteiger charge is 2.21. The van der Waals surface area contributed by atoms with Gasteiger partial charge in [0.1, 0.15) is 6.04 Å². The van der Waals surface area contributed by atoms with Gasteiger partial charge >= 0.3 is 6.03 Å². The first-order chi connectivity index (χ1) is 9.95. The molecule has 0 spiro atoms. The molecule has 0 bridgehead atoms. The average molecular weight is 289 g/mol. The summed E-state index contributed by atoms with van der Waals surface area (Å²) < 4.78 is 0. The van der Waals surface area contributed by atoms with E-state index in [1.165, 1.54) is 17.5 Å². The van der Waals surface area contributed by atoms with Crippen molar-refractivity contribution in [3.05, 3.63) is 29.3 Å². The lowest BCUT2D eigenvalue weighted by Gasteiger charge is -2.19. The lowest BCUT2D eigenvalue weighted by atomic mass is 10.0. The summed E-state index contributed by atoms with van der Waals surface area (Å²) in [6, 6.07) is 4.73. The summed E-state index contributed by atoms with van der Waals surface area (Å²) in [7, 11) is 0. The predicted octanol–water partition coefficient (Wildman–Crippen LogP) is 2.20. The van der Waals surface area contributed by atoms with Gasteiger partial charge in [-0.3, -0.25) is 4.79 Å². The molecule has 4 N–H and O–H groups in total. The Morgan fingerprint density at radius 1 is 1.24 bits per heavy atom. The molecular formula is C16H23N3O2. The van der Waals surface area contributed by atoms with E-state index in [0.717, 1.165) is 18.5 Å². The molecule has 1 aliphatic rings. The number of anilines is 1. The Bertz CT molecular complexity index is 540. The molecule has 21 heavy (non-hydrogen) atoms. The van der Waals surface area contributed by atoms with Gasteiger partial charge in [-0.05, 0) is 54.9 Å². The van der Waals surface area contributed by atoms with E-state index in [1.54, 1.807) is 0 Å². The highest BCUT2D eigenvalue weighted by Crippen LogP contribution is 2.25. The molecule has 0 saturated carbocycles. The van der Waals surface area contributed by atoms with Gasteiger partial charge in [0.15, 0.2) is 0 Å². The van der Waals surface area contributed by atoms with Crippen LogP contribution in [0, 0.1) is 5.92 Å². The van der Waals surface area contributed by atoms with Crippen LogP contribution in [-0.4, -0.2) is 18.0 Å². The minimum Gasteiger partial charge on any atom is -0.352 e. The van der Waals surface area contributed by atoms with E-state index in [9.17, 15) is 9.59 Å². The van der Waals surface area contributed by atoms with E-state index in [4.69, 9.17) is 5.73 Å². The van der Waals surface area contributed by atoms with Crippen LogP contribution in [0.1, 0.15) is 37.8 Å². The zero-order valence-electron chi connectivity index (χ0n) is 12.6. The molecule has 0 unspecified atom stereocenters. The number of hydrogen-bond acceptors (Lipinski definition) is 2. The first-order valence-corrected chi connectivity index (χ1v) is 7.44. The quantitative estimate of drug-likeness (QED) is 0.776. The van der Waals surface area contributed by atoms with Crippen LogP contribution in [0.25, 0.3) is 0 Å². The number of rotatable bonds is 5. The number of nitrogens with two attached hydrogens (primary N) is 1. The summed E-state index contributed by atoms with van der Waals surface area (Å²) >= 11 is 0. The number of nitrogens with one attached hydrogen (secondary N) is 2. The molecule has 0 fully saturated rings. The van der Waals surface area contributed by atoms with Crippen molar-refractivity contribution in [2.24, 2.45) is 11.7 Å². The molecule has 0 aliphatic heterocycles. The van der Waals surface area contributed by atoms with Gasteiger partial charge in [0.05, 0.1) is 0 Å². The van der Waals surface area contributed by atoms with Crippen LogP contribution in [0.3, 0.4) is 0 Å². The number of fused-ring (bicyclic) bond motifs is 1. The van der Waals surface area contributed by atoms with Crippen LogP contribution in [-0.2, 0) is 17.6 Å². The number of carbonyl (C=O) groups excluding carboxylic acids is 2. The third-order valence-corrected chi connectivity index (χ3v) is 3.71. The molecule has 1 aromatic rings. The van der Waals surface area contributed by atoms with Crippen LogP contribution in [0.15, 0.2) is 18.2 Å². The van der Waals surface area contributed by atoms with Crippen LogP contribution < -0.4 is 16.4 Å². The zero-order valence-corrected chi connectivity index (χ0v) is 12.6. The number of aryl methyl sites for hydroxylation is 2. The second-order valence-corrected chi connectivity index (χ2v) is 6.02. The standard InChI is InChI=1S/C16H23N3O2/c1-10(2)8-14(19-16(17)21)15(20)18-13-7-6-11-4-3-5-12(11)9-13/h6-7,9-10,14H,3-5,8H2,1-2H3,(H,18,20)(H3,17,19,21)/t14-/m0/s1. The van der Waals surface area contributed by atoms with E-state index in [-0.39, 0.29) is 11.8 Å². The van der Waals surface area contributed by atoms with Crippen molar-refractivity contribution in [2.75, 3.05) is 5.32 Å². The molecule has 3 amide bonds. The maximum atomic E-state index is 12.3. The number of carbonyl (C=O) groups is 2. The van der Waals surface area contributed by atoms with E-state index >= 15 is 0 Å². The number of hydrogen-bond donors (Lipinski definition) is 3. The Morgan fingerprint density at radius 2 is 1.95 bits per heavy atom. The summed E-state index contributed by atoms with van der Waals surface area (Å²) in [5.74, 6) is 0.0630. The van der Waals surface area contributed by atoms with Crippen LogP contribution in [0.2, 0.25) is 0 Å². The van der Waals surface area contributed by atoms with Gasteiger partial charge in [-0.1, -0.05) is 19.9 Å². The average Bonchev–Trinajstić information content (AvgIpc) is 2.84. The summed E-state index contributed by atoms with van der Waals surface area (Å²) in [5, 5.41) is 5.38. The molecule has 5 heteroatoms. The van der Waals surface area contributed by atoms with Crippen molar-refractivity contribution in [3.8, 4) is 0 Å². The van der Waals surface area contributed by atoms with Crippen molar-refractivity contribution in [2.45, 2.75) is 45.6 Å². The van der Waals surface area contributed by atoms with Crippen molar-refractivity contribution >= 4 is 17.6 Å². The lowest BCUT2D eigenvalue weighted by molar-refractivity contribution is -0.118. The van der Waals surface area contributed by atoms with E-state index < -0.39 is 12.1 Å². The smallest absolute Gasteiger partial charge is 0.312 e. The molecule has 0 aromatic heterocycles. The molecule has 2 rings (SSSR count). The minimum absolute atomic E-state index is 0.222. The summed E-state index contributed by atoms with van der Waals surface area (Å²) in [4.78, 5) is 23.3. The van der Waals surface area contributed by atoms with Gasteiger partial charge in [0, 0.05) is 5.69 Å². The van der Waals surface area contributed by atoms with Crippen LogP contribution in [0.4, 0.5) is 10.5 Å². The highest BCUT2D eigenvalue weighted by atomic mass is 16.2. The molecule has 5 nitrogen and oxygen atoms in total. The molecule has 114 valence electrons. The third kappa shape index (κ3) is 4.21. The Kier molecular flexibility index (Phi) is 4.83. The molecule has 1 aromatic carbocycles. The molecule has 1 atom stereocenters. The fourth-order valence-electron chi connectivity index (χ4n) is 2.75. The number of amides is 3. The van der Waals surface area contributed by atoms with Crippen molar-refractivity contribution in [1.82, 2.24) is 5.32 Å². The van der Waals surface area contributed by atoms with Crippen LogP contribution >= 0.6 is 0 Å². The fourth-order valence-corrected chi connectivity index (χ4v) is 2.75. The Morgan fingerprint density at radius 3 is 2.62 bits per heavy atom. The second-order valence-electron chi connectivity index (χ2n) is 6.02. The third-order valence-electron chi connectivity index (χ3n) is 3.71. The van der Waals surface area contributed by atoms with Gasteiger partial charge in [0.2, 0.25) is 5.91 Å². The SMILES string of the molecule is CC(C)C[C@H](NC(N)=O)C(=O)Nc1ccc2c(c1)CCC2. The molecular weight excluding hydrogens is 266 g/mol. The first-order valence-electron chi connectivity index (χ1n) is 7.44. The van der Waals surface area contributed by atoms with Gasteiger partial charge in [-0.15, -0.1) is 0 Å². The molecule has 0 heterocycles. The largest absolute Gasteiger partial charge is 0.352 e. The van der Waals surface area contributed by atoms with Crippen molar-refractivity contribution in [3.63, 3.8) is 0 Å². The zero-order chi connectivity index (χ0) is 15.4. The first kappa shape index (κ1) is 15.4. The molecule has 1 aliphatic carbocycles. The monoisotopic (exact) mass is 289 g/mol. The second kappa shape index (κ2) is 6.61. The van der Waals surface area contributed by atoms with Crippen molar-refractivity contribution in [1.29, 1.82) is 0 Å². The van der Waals surface area contributed by atoms with E-state index in [2.05, 4.69) is 16.7 Å². The van der Waals surface area contributed by atoms with Gasteiger partial charge in [-0.25, -0.2) is 4.79 Å². The van der Waals surface area contributed by atoms with E-state index in [1.807, 2.05) is 26.0 Å². The molecule has 0 saturated heterocycles. The maximum absolute atomic E-state index is 12.3. The van der Waals surface area contributed by atoms with Gasteiger partial charge in [0.25, 0.3) is 0 Å². The minimum atomic E-state index is -0.676. The summed E-state index contributed by atoms with van der Waals surface area (Å²) in [5.41, 5.74) is 8.59. The summed E-state index contributed by atoms with van der Waals surface area (Å²) in [6.45, 7) is 4.00. The van der Waals surface area contributed by atoms with Crippen LogP contribution in [0.5, 0.6) is 0 Å². The summed E-state index contributed by atoms with van der Waals surface area (Å²) in [6.07, 6.45) is 3.91. The van der Waals surface area contributed by atoms with Gasteiger partial charge in [-0.2, -0.15) is 0 Å². The predicted molar refractivity (Wildman–Crippen MR) is 83.1 cm³/mol. The topological polar surface area (TPSA) is 84.2 Å². The van der Waals surface area contributed by atoms with E-state index in [0.29, 0.717) is 6.42 Å². The van der Waals surface area contributed by atoms with Crippen molar-refractivity contribution < 1.29 is 9.59 Å². The number of primary amides is 1. The highest BCUT2D eigenvalue weighted by molar-refractivity contribution is 5.96. The number of urea groups is 1. The Balaban J connectivity index is 2.05. The van der Waals surface area contributed by atoms with Gasteiger partial charge < -0.3 is 16.4 Å². The normalized spacial score (nSPS) is 14.6. The fraction of sp³-hybridized carbons (Fsp3) is 0.500. The number of benzene rings is 1.